The average molecular weight is 844 g/mol. The predicted octanol–water partition coefficient (Wildman–Crippen LogP) is 1.21. The molecule has 0 saturated heterocycles. The summed E-state index contributed by atoms with van der Waals surface area (Å²) in [5, 5.41) is 81.3. The van der Waals surface area contributed by atoms with Gasteiger partial charge in [-0.25, -0.2) is 19.9 Å². The van der Waals surface area contributed by atoms with E-state index < -0.39 is 23.9 Å². The van der Waals surface area contributed by atoms with Crippen LogP contribution in [0.5, 0.6) is 23.0 Å². The molecule has 0 aliphatic carbocycles. The van der Waals surface area contributed by atoms with Crippen LogP contribution in [-0.4, -0.2) is 64.2 Å². The maximum absolute atomic E-state index is 10.5. The number of carboxylic acids is 4. The van der Waals surface area contributed by atoms with Gasteiger partial charge >= 0.3 is 26.2 Å². The Hall–Kier alpha value is -7.52. The van der Waals surface area contributed by atoms with Gasteiger partial charge in [0.15, 0.2) is 0 Å². The molecule has 0 aliphatic heterocycles. The van der Waals surface area contributed by atoms with Crippen LogP contribution in [0.15, 0.2) is 121 Å². The fraction of sp³-hybridized carbons (Fsp3) is 0. The molecule has 8 rings (SSSR count). The second-order valence-corrected chi connectivity index (χ2v) is 11.4. The molecule has 0 saturated carbocycles. The topological polar surface area (TPSA) is 293 Å². The molecule has 4 aromatic carbocycles. The summed E-state index contributed by atoms with van der Waals surface area (Å²) in [6.45, 7) is 0. The number of pyridine rings is 4. The second-order valence-electron chi connectivity index (χ2n) is 11.4. The zero-order chi connectivity index (χ0) is 40.5. The molecule has 0 radical (unpaired) electrons. The zero-order valence-corrected chi connectivity index (χ0v) is 31.3. The summed E-state index contributed by atoms with van der Waals surface area (Å²) >= 11 is 0. The SMILES string of the molecule is O=C([O-])c1ccc2cc(O)ccc2n1.O=C([O-])c1ccc2cc(O)ccc2n1.O=C([O-])c1ccc2cc(O)ccc2n1.O=C([O-])c1ccc2cc(O)ccc2n1.[Zr+4]. The minimum Gasteiger partial charge on any atom is -0.543 e. The van der Waals surface area contributed by atoms with E-state index in [0.29, 0.717) is 43.6 Å². The van der Waals surface area contributed by atoms with Crippen molar-refractivity contribution < 1.29 is 86.2 Å². The molecule has 0 aliphatic rings. The number of phenols is 4. The van der Waals surface area contributed by atoms with Gasteiger partial charge in [-0.05, 0) is 97.1 Å². The van der Waals surface area contributed by atoms with Crippen molar-refractivity contribution in [3.8, 4) is 23.0 Å². The number of aromatic nitrogens is 4. The third kappa shape index (κ3) is 11.3. The number of aromatic hydroxyl groups is 4. The van der Waals surface area contributed by atoms with Crippen molar-refractivity contribution in [3.05, 3.63) is 144 Å². The number of rotatable bonds is 4. The van der Waals surface area contributed by atoms with Crippen molar-refractivity contribution in [1.29, 1.82) is 0 Å². The van der Waals surface area contributed by atoms with Crippen LogP contribution < -0.4 is 20.4 Å². The summed E-state index contributed by atoms with van der Waals surface area (Å²) in [5.41, 5.74) is 1.64. The van der Waals surface area contributed by atoms with Crippen molar-refractivity contribution in [2.45, 2.75) is 0 Å². The minimum absolute atomic E-state index is 0. The van der Waals surface area contributed by atoms with E-state index in [2.05, 4.69) is 19.9 Å². The minimum atomic E-state index is -1.31. The van der Waals surface area contributed by atoms with Crippen LogP contribution in [0, 0.1) is 0 Å². The molecule has 17 heteroatoms. The first-order chi connectivity index (χ1) is 26.7. The van der Waals surface area contributed by atoms with E-state index in [0.717, 1.165) is 0 Å². The number of carbonyl (C=O) groups is 4. The predicted molar refractivity (Wildman–Crippen MR) is 191 cm³/mol. The summed E-state index contributed by atoms with van der Waals surface area (Å²) in [7, 11) is 0. The van der Waals surface area contributed by atoms with Crippen LogP contribution in [0.25, 0.3) is 43.6 Å². The quantitative estimate of drug-likeness (QED) is 0.194. The molecule has 16 nitrogen and oxygen atoms in total. The number of hydrogen-bond acceptors (Lipinski definition) is 16. The van der Waals surface area contributed by atoms with Gasteiger partial charge in [-0.2, -0.15) is 0 Å². The Kier molecular flexibility index (Phi) is 13.8. The third-order valence-corrected chi connectivity index (χ3v) is 7.53. The van der Waals surface area contributed by atoms with Gasteiger partial charge in [-0.1, -0.05) is 24.3 Å². The number of phenolic OH excluding ortho intramolecular Hbond substituents is 4. The van der Waals surface area contributed by atoms with Gasteiger partial charge in [0.1, 0.15) is 23.0 Å². The van der Waals surface area contributed by atoms with Gasteiger partial charge in [0.25, 0.3) is 0 Å². The number of fused-ring (bicyclic) bond motifs is 4. The Balaban J connectivity index is 0.000000167. The molecule has 0 spiro atoms. The molecular formula is C40H24N4O12Zr. The molecule has 4 N–H and O–H groups in total. The van der Waals surface area contributed by atoms with Crippen molar-refractivity contribution in [3.63, 3.8) is 0 Å². The van der Waals surface area contributed by atoms with Gasteiger partial charge < -0.3 is 60.0 Å². The maximum atomic E-state index is 10.5. The van der Waals surface area contributed by atoms with E-state index in [1.54, 1.807) is 48.5 Å². The molecule has 0 atom stereocenters. The van der Waals surface area contributed by atoms with E-state index in [1.807, 2.05) is 0 Å². The molecule has 0 amide bonds. The summed E-state index contributed by atoms with van der Waals surface area (Å²) < 4.78 is 0. The molecular weight excluding hydrogens is 820 g/mol. The Labute approximate surface area is 339 Å². The van der Waals surface area contributed by atoms with Gasteiger partial charge in [0, 0.05) is 21.5 Å². The van der Waals surface area contributed by atoms with E-state index in [1.165, 1.54) is 72.8 Å². The van der Waals surface area contributed by atoms with E-state index in [4.69, 9.17) is 20.4 Å². The van der Waals surface area contributed by atoms with Gasteiger partial charge in [0.2, 0.25) is 0 Å². The summed E-state index contributed by atoms with van der Waals surface area (Å²) in [6, 6.07) is 29.8. The van der Waals surface area contributed by atoms with Crippen LogP contribution in [0.2, 0.25) is 0 Å². The Bertz CT molecular complexity index is 2420. The maximum Gasteiger partial charge on any atom is 4.00 e. The van der Waals surface area contributed by atoms with Crippen LogP contribution in [0.1, 0.15) is 42.0 Å². The first-order valence-corrected chi connectivity index (χ1v) is 15.9. The summed E-state index contributed by atoms with van der Waals surface area (Å²) in [6.07, 6.45) is 0. The Morgan fingerprint density at radius 3 is 0.702 bits per heavy atom. The van der Waals surface area contributed by atoms with Crippen molar-refractivity contribution in [2.24, 2.45) is 0 Å². The third-order valence-electron chi connectivity index (χ3n) is 7.53. The van der Waals surface area contributed by atoms with Gasteiger partial charge in [-0.15, -0.1) is 0 Å². The number of carbonyl (C=O) groups excluding carboxylic acids is 4. The summed E-state index contributed by atoms with van der Waals surface area (Å²) in [4.78, 5) is 57.3. The largest absolute Gasteiger partial charge is 4.00 e. The number of hydrogen-bond donors (Lipinski definition) is 4. The molecule has 4 heterocycles. The fourth-order valence-corrected chi connectivity index (χ4v) is 4.91. The first-order valence-electron chi connectivity index (χ1n) is 15.9. The molecule has 0 unspecified atom stereocenters. The van der Waals surface area contributed by atoms with Crippen LogP contribution in [-0.2, 0) is 26.2 Å². The number of nitrogens with zero attached hydrogens (tertiary/aromatic N) is 4. The average Bonchev–Trinajstić information content (AvgIpc) is 3.17. The van der Waals surface area contributed by atoms with Crippen molar-refractivity contribution >= 4 is 67.5 Å². The first kappa shape index (κ1) is 42.2. The molecule has 8 aromatic rings. The zero-order valence-electron chi connectivity index (χ0n) is 28.9. The van der Waals surface area contributed by atoms with Crippen LogP contribution in [0.3, 0.4) is 0 Å². The normalized spacial score (nSPS) is 10.1. The molecule has 4 aromatic heterocycles. The number of aromatic carboxylic acids is 4. The van der Waals surface area contributed by atoms with Gasteiger partial charge in [0.05, 0.1) is 68.7 Å². The second kappa shape index (κ2) is 18.7. The van der Waals surface area contributed by atoms with E-state index in [-0.39, 0.29) is 72.0 Å². The van der Waals surface area contributed by atoms with Crippen molar-refractivity contribution in [2.75, 3.05) is 0 Å². The monoisotopic (exact) mass is 842 g/mol. The molecule has 0 fully saturated rings. The Morgan fingerprint density at radius 2 is 0.526 bits per heavy atom. The van der Waals surface area contributed by atoms with Crippen LogP contribution >= 0.6 is 0 Å². The number of benzene rings is 4. The molecule has 0 bridgehead atoms. The molecule has 57 heavy (non-hydrogen) atoms. The fourth-order valence-electron chi connectivity index (χ4n) is 4.91. The standard InChI is InChI=1S/4C10H7NO3.Zr/c4*12-7-2-4-8-6(5-7)1-3-9(11-8)10(13)14;/h4*1-5,12H,(H,13,14);/q;;;;+4/p-4. The Morgan fingerprint density at radius 1 is 0.333 bits per heavy atom. The van der Waals surface area contributed by atoms with Gasteiger partial charge in [-0.3, -0.25) is 0 Å². The summed E-state index contributed by atoms with van der Waals surface area (Å²) in [5.74, 6) is -4.72. The number of carboxylic acid groups (broad SMARTS) is 4. The molecule has 280 valence electrons. The van der Waals surface area contributed by atoms with E-state index >= 15 is 0 Å². The van der Waals surface area contributed by atoms with E-state index in [9.17, 15) is 39.6 Å². The smallest absolute Gasteiger partial charge is 0.543 e. The van der Waals surface area contributed by atoms with Crippen molar-refractivity contribution in [1.82, 2.24) is 19.9 Å². The van der Waals surface area contributed by atoms with Crippen LogP contribution in [0.4, 0.5) is 0 Å².